The second-order valence-electron chi connectivity index (χ2n) is 3.79. The largest absolute Gasteiger partial charge is 0.388 e. The van der Waals surface area contributed by atoms with Gasteiger partial charge in [-0.05, 0) is 31.2 Å². The van der Waals surface area contributed by atoms with Crippen LogP contribution in [0.4, 0.5) is 5.69 Å². The lowest BCUT2D eigenvalue weighted by molar-refractivity contribution is 0.0938. The standard InChI is InChI=1S/C11H14N6O/c1-7(10-14-16-17-15-10)13-11(18)8-3-5-9(12-2)6-4-8/h3-7,12H,1-2H3,(H,13,18)(H,14,15,16,17). The number of nitrogens with zero attached hydrogens (tertiary/aromatic N) is 3. The lowest BCUT2D eigenvalue weighted by Crippen LogP contribution is -2.27. The van der Waals surface area contributed by atoms with Gasteiger partial charge in [0.05, 0.1) is 6.04 Å². The average Bonchev–Trinajstić information content (AvgIpc) is 2.92. The maximum Gasteiger partial charge on any atom is 0.251 e. The molecule has 2 rings (SSSR count). The van der Waals surface area contributed by atoms with Crippen molar-refractivity contribution in [1.82, 2.24) is 25.9 Å². The fourth-order valence-electron chi connectivity index (χ4n) is 1.49. The minimum atomic E-state index is -0.291. The molecule has 0 bridgehead atoms. The zero-order valence-electron chi connectivity index (χ0n) is 10.1. The van der Waals surface area contributed by atoms with Gasteiger partial charge in [-0.25, -0.2) is 0 Å². The molecule has 0 fully saturated rings. The highest BCUT2D eigenvalue weighted by atomic mass is 16.1. The first kappa shape index (κ1) is 12.0. The van der Waals surface area contributed by atoms with Crippen molar-refractivity contribution in [3.63, 3.8) is 0 Å². The number of hydrogen-bond donors (Lipinski definition) is 3. The van der Waals surface area contributed by atoms with Crippen molar-refractivity contribution in [3.8, 4) is 0 Å². The summed E-state index contributed by atoms with van der Waals surface area (Å²) in [5, 5.41) is 19.2. The third kappa shape index (κ3) is 2.62. The Labute approximate surface area is 104 Å². The molecule has 1 atom stereocenters. The van der Waals surface area contributed by atoms with Gasteiger partial charge >= 0.3 is 0 Å². The van der Waals surface area contributed by atoms with Crippen molar-refractivity contribution in [2.45, 2.75) is 13.0 Å². The Hall–Kier alpha value is -2.44. The number of rotatable bonds is 4. The number of anilines is 1. The fraction of sp³-hybridized carbons (Fsp3) is 0.273. The summed E-state index contributed by atoms with van der Waals surface area (Å²) < 4.78 is 0. The second-order valence-corrected chi connectivity index (χ2v) is 3.79. The number of H-pyrrole nitrogens is 1. The first-order valence-electron chi connectivity index (χ1n) is 5.52. The van der Waals surface area contributed by atoms with Crippen molar-refractivity contribution >= 4 is 11.6 Å². The summed E-state index contributed by atoms with van der Waals surface area (Å²) in [4.78, 5) is 11.9. The second kappa shape index (κ2) is 5.26. The molecule has 0 spiro atoms. The van der Waals surface area contributed by atoms with Crippen LogP contribution in [0.25, 0.3) is 0 Å². The van der Waals surface area contributed by atoms with Gasteiger partial charge < -0.3 is 10.6 Å². The lowest BCUT2D eigenvalue weighted by atomic mass is 10.2. The van der Waals surface area contributed by atoms with Gasteiger partial charge in [0, 0.05) is 18.3 Å². The maximum absolute atomic E-state index is 11.9. The smallest absolute Gasteiger partial charge is 0.251 e. The van der Waals surface area contributed by atoms with Crippen molar-refractivity contribution in [3.05, 3.63) is 35.7 Å². The van der Waals surface area contributed by atoms with Crippen LogP contribution in [0.1, 0.15) is 29.1 Å². The van der Waals surface area contributed by atoms with Crippen molar-refractivity contribution < 1.29 is 4.79 Å². The van der Waals surface area contributed by atoms with E-state index in [0.717, 1.165) is 5.69 Å². The minimum absolute atomic E-state index is 0.171. The molecule has 3 N–H and O–H groups in total. The number of nitrogens with one attached hydrogen (secondary N) is 3. The first-order valence-corrected chi connectivity index (χ1v) is 5.52. The molecule has 7 nitrogen and oxygen atoms in total. The van der Waals surface area contributed by atoms with Crippen LogP contribution in [0.5, 0.6) is 0 Å². The van der Waals surface area contributed by atoms with E-state index in [1.54, 1.807) is 19.1 Å². The molecule has 7 heteroatoms. The van der Waals surface area contributed by atoms with E-state index >= 15 is 0 Å². The molecule has 0 radical (unpaired) electrons. The van der Waals surface area contributed by atoms with E-state index in [0.29, 0.717) is 11.4 Å². The van der Waals surface area contributed by atoms with Crippen molar-refractivity contribution in [1.29, 1.82) is 0 Å². The minimum Gasteiger partial charge on any atom is -0.388 e. The van der Waals surface area contributed by atoms with Crippen LogP contribution in [0.15, 0.2) is 24.3 Å². The Bertz CT molecular complexity index is 507. The van der Waals surface area contributed by atoms with Crippen LogP contribution in [0.3, 0.4) is 0 Å². The molecule has 1 aromatic heterocycles. The van der Waals surface area contributed by atoms with Crippen LogP contribution < -0.4 is 10.6 Å². The van der Waals surface area contributed by atoms with Crippen LogP contribution in [0, 0.1) is 0 Å². The molecule has 0 aliphatic carbocycles. The summed E-state index contributed by atoms with van der Waals surface area (Å²) >= 11 is 0. The van der Waals surface area contributed by atoms with Crippen molar-refractivity contribution in [2.75, 3.05) is 12.4 Å². The Morgan fingerprint density at radius 1 is 1.33 bits per heavy atom. The van der Waals surface area contributed by atoms with E-state index in [1.165, 1.54) is 0 Å². The molecule has 1 unspecified atom stereocenters. The van der Waals surface area contributed by atoms with Crippen LogP contribution in [-0.4, -0.2) is 33.6 Å². The number of aromatic amines is 1. The molecular weight excluding hydrogens is 232 g/mol. The van der Waals surface area contributed by atoms with Gasteiger partial charge in [0.2, 0.25) is 0 Å². The molecule has 0 saturated heterocycles. The number of amides is 1. The fourth-order valence-corrected chi connectivity index (χ4v) is 1.49. The van der Waals surface area contributed by atoms with E-state index in [-0.39, 0.29) is 11.9 Å². The number of tetrazole rings is 1. The summed E-state index contributed by atoms with van der Waals surface area (Å²) in [5.74, 6) is 0.283. The highest BCUT2D eigenvalue weighted by Crippen LogP contribution is 2.10. The SMILES string of the molecule is CNc1ccc(C(=O)NC(C)c2nn[nH]n2)cc1. The van der Waals surface area contributed by atoms with Gasteiger partial charge in [-0.3, -0.25) is 4.79 Å². The van der Waals surface area contributed by atoms with E-state index < -0.39 is 0 Å². The lowest BCUT2D eigenvalue weighted by Gasteiger charge is -2.10. The van der Waals surface area contributed by atoms with Gasteiger partial charge in [-0.1, -0.05) is 5.21 Å². The van der Waals surface area contributed by atoms with Crippen LogP contribution in [0.2, 0.25) is 0 Å². The van der Waals surface area contributed by atoms with Gasteiger partial charge in [0.15, 0.2) is 5.82 Å². The Kier molecular flexibility index (Phi) is 3.52. The van der Waals surface area contributed by atoms with Crippen LogP contribution >= 0.6 is 0 Å². The average molecular weight is 246 g/mol. The Morgan fingerprint density at radius 2 is 2.06 bits per heavy atom. The zero-order chi connectivity index (χ0) is 13.0. The molecule has 94 valence electrons. The third-order valence-corrected chi connectivity index (χ3v) is 2.53. The molecule has 2 aromatic rings. The summed E-state index contributed by atoms with van der Waals surface area (Å²) in [6, 6.07) is 6.90. The van der Waals surface area contributed by atoms with Gasteiger partial charge in [0.25, 0.3) is 5.91 Å². The Morgan fingerprint density at radius 3 is 2.61 bits per heavy atom. The van der Waals surface area contributed by atoms with E-state index in [4.69, 9.17) is 0 Å². The van der Waals surface area contributed by atoms with Crippen LogP contribution in [-0.2, 0) is 0 Å². The van der Waals surface area contributed by atoms with E-state index in [9.17, 15) is 4.79 Å². The molecule has 0 aliphatic heterocycles. The maximum atomic E-state index is 11.9. The highest BCUT2D eigenvalue weighted by molar-refractivity contribution is 5.94. The summed E-state index contributed by atoms with van der Waals surface area (Å²) in [7, 11) is 1.83. The van der Waals surface area contributed by atoms with Crippen molar-refractivity contribution in [2.24, 2.45) is 0 Å². The predicted octanol–water partition coefficient (Wildman–Crippen LogP) is 0.732. The molecule has 18 heavy (non-hydrogen) atoms. The highest BCUT2D eigenvalue weighted by Gasteiger charge is 2.14. The number of carbonyl (C=O) groups is 1. The van der Waals surface area contributed by atoms with Gasteiger partial charge in [0.1, 0.15) is 0 Å². The quantitative estimate of drug-likeness (QED) is 0.739. The molecule has 1 heterocycles. The zero-order valence-corrected chi connectivity index (χ0v) is 10.1. The molecule has 1 amide bonds. The summed E-state index contributed by atoms with van der Waals surface area (Å²) in [6.07, 6.45) is 0. The van der Waals surface area contributed by atoms with Gasteiger partial charge in [-0.2, -0.15) is 5.21 Å². The molecule has 0 saturated carbocycles. The summed E-state index contributed by atoms with van der Waals surface area (Å²) in [5.41, 5.74) is 1.54. The normalized spacial score (nSPS) is 11.9. The molecular formula is C11H14N6O. The topological polar surface area (TPSA) is 95.6 Å². The van der Waals surface area contributed by atoms with E-state index in [2.05, 4.69) is 31.3 Å². The molecule has 0 aliphatic rings. The Balaban J connectivity index is 2.03. The van der Waals surface area contributed by atoms with E-state index in [1.807, 2.05) is 19.2 Å². The molecule has 1 aromatic carbocycles. The number of aromatic nitrogens is 4. The third-order valence-electron chi connectivity index (χ3n) is 2.53. The predicted molar refractivity (Wildman–Crippen MR) is 66.0 cm³/mol. The number of hydrogen-bond acceptors (Lipinski definition) is 5. The summed E-state index contributed by atoms with van der Waals surface area (Å²) in [6.45, 7) is 1.80. The first-order chi connectivity index (χ1) is 8.70. The number of carbonyl (C=O) groups excluding carboxylic acids is 1. The monoisotopic (exact) mass is 246 g/mol. The van der Waals surface area contributed by atoms with Gasteiger partial charge in [-0.15, -0.1) is 10.2 Å². The number of benzene rings is 1.